The van der Waals surface area contributed by atoms with Crippen molar-refractivity contribution in [1.29, 1.82) is 0 Å². The molecule has 1 aliphatic carbocycles. The Labute approximate surface area is 196 Å². The normalized spacial score (nSPS) is 25.5. The Morgan fingerprint density at radius 1 is 1.03 bits per heavy atom. The van der Waals surface area contributed by atoms with E-state index in [4.69, 9.17) is 0 Å². The Morgan fingerprint density at radius 3 is 2.52 bits per heavy atom. The van der Waals surface area contributed by atoms with Crippen molar-refractivity contribution in [2.45, 2.75) is 75.9 Å². The number of para-hydroxylation sites is 1. The number of anilines is 1. The highest BCUT2D eigenvalue weighted by Gasteiger charge is 2.51. The number of amides is 2. The van der Waals surface area contributed by atoms with Crippen LogP contribution in [0.2, 0.25) is 0 Å². The molecule has 1 saturated carbocycles. The summed E-state index contributed by atoms with van der Waals surface area (Å²) in [6.45, 7) is 2.98. The molecule has 3 atom stereocenters. The minimum atomic E-state index is -0.805. The lowest BCUT2D eigenvalue weighted by Crippen LogP contribution is -2.60. The fourth-order valence-corrected chi connectivity index (χ4v) is 6.36. The van der Waals surface area contributed by atoms with Crippen LogP contribution in [0.15, 0.2) is 54.6 Å². The molecule has 174 valence electrons. The fourth-order valence-electron chi connectivity index (χ4n) is 6.36. The lowest BCUT2D eigenvalue weighted by Gasteiger charge is -2.44. The second-order valence-electron chi connectivity index (χ2n) is 9.99. The van der Waals surface area contributed by atoms with Gasteiger partial charge < -0.3 is 15.5 Å². The molecule has 2 aliphatic heterocycles. The van der Waals surface area contributed by atoms with Gasteiger partial charge in [-0.1, -0.05) is 69.0 Å². The molecule has 0 radical (unpaired) electrons. The predicted octanol–water partition coefficient (Wildman–Crippen LogP) is 5.30. The predicted molar refractivity (Wildman–Crippen MR) is 131 cm³/mol. The fraction of sp³-hybridized carbons (Fsp3) is 0.500. The molecule has 0 spiro atoms. The number of nitrogens with one attached hydrogen (secondary N) is 2. The zero-order chi connectivity index (χ0) is 22.8. The van der Waals surface area contributed by atoms with Gasteiger partial charge in [0.2, 0.25) is 5.91 Å². The van der Waals surface area contributed by atoms with Gasteiger partial charge in [0, 0.05) is 29.8 Å². The number of benzene rings is 2. The molecular weight excluding hydrogens is 410 g/mol. The second kappa shape index (κ2) is 9.20. The Morgan fingerprint density at radius 2 is 1.76 bits per heavy atom. The lowest BCUT2D eigenvalue weighted by molar-refractivity contribution is -0.141. The zero-order valence-corrected chi connectivity index (χ0v) is 19.6. The van der Waals surface area contributed by atoms with Crippen molar-refractivity contribution in [3.8, 4) is 0 Å². The van der Waals surface area contributed by atoms with Crippen molar-refractivity contribution in [3.05, 3.63) is 65.7 Å². The van der Waals surface area contributed by atoms with Gasteiger partial charge in [-0.25, -0.2) is 0 Å². The highest BCUT2D eigenvalue weighted by Crippen LogP contribution is 2.48. The van der Waals surface area contributed by atoms with E-state index >= 15 is 0 Å². The third kappa shape index (κ3) is 4.03. The molecule has 5 nitrogen and oxygen atoms in total. The van der Waals surface area contributed by atoms with Crippen LogP contribution in [0.1, 0.15) is 80.3 Å². The number of hydrogen-bond acceptors (Lipinski definition) is 3. The van der Waals surface area contributed by atoms with E-state index in [9.17, 15) is 9.59 Å². The van der Waals surface area contributed by atoms with Gasteiger partial charge >= 0.3 is 0 Å². The number of likely N-dealkylation sites (tertiary alicyclic amines) is 1. The van der Waals surface area contributed by atoms with Crippen molar-refractivity contribution in [2.24, 2.45) is 5.92 Å². The van der Waals surface area contributed by atoms with Crippen LogP contribution in [0, 0.1) is 5.92 Å². The molecule has 0 bridgehead atoms. The van der Waals surface area contributed by atoms with E-state index in [1.165, 1.54) is 5.56 Å². The summed E-state index contributed by atoms with van der Waals surface area (Å²) in [5.41, 5.74) is 2.19. The average molecular weight is 446 g/mol. The molecule has 33 heavy (non-hydrogen) atoms. The number of nitrogens with zero attached hydrogens (tertiary/aromatic N) is 1. The maximum absolute atomic E-state index is 14.3. The van der Waals surface area contributed by atoms with Crippen molar-refractivity contribution < 1.29 is 9.59 Å². The molecule has 5 heteroatoms. The van der Waals surface area contributed by atoms with E-state index in [0.717, 1.165) is 63.6 Å². The Bertz CT molecular complexity index is 999. The molecule has 1 saturated heterocycles. The Balaban J connectivity index is 1.47. The van der Waals surface area contributed by atoms with Gasteiger partial charge in [-0.3, -0.25) is 9.59 Å². The summed E-state index contributed by atoms with van der Waals surface area (Å²) in [5, 5.41) is 7.00. The molecule has 2 fully saturated rings. The largest absolute Gasteiger partial charge is 0.382 e. The summed E-state index contributed by atoms with van der Waals surface area (Å²) in [7, 11) is 0. The summed E-state index contributed by atoms with van der Waals surface area (Å²) < 4.78 is 0. The molecule has 5 rings (SSSR count). The van der Waals surface area contributed by atoms with E-state index in [-0.39, 0.29) is 17.9 Å². The van der Waals surface area contributed by atoms with Gasteiger partial charge in [-0.2, -0.15) is 0 Å². The van der Waals surface area contributed by atoms with E-state index in [1.54, 1.807) is 0 Å². The molecule has 2 N–H and O–H groups in total. The molecule has 0 aromatic heterocycles. The standard InChI is InChI=1S/C28H35N3O2/c1-2-11-23-22-16-19-31(25(22)21-14-7-8-15-24(21)29-23)27(33)28(17-9-4-10-18-28)30-26(32)20-12-5-3-6-13-20/h3,5-8,12-15,22-23,25,29H,2,4,9-11,16-19H2,1H3,(H,30,32). The lowest BCUT2D eigenvalue weighted by atomic mass is 9.78. The van der Waals surface area contributed by atoms with Crippen LogP contribution < -0.4 is 10.6 Å². The zero-order valence-electron chi connectivity index (χ0n) is 19.6. The number of fused-ring (bicyclic) bond motifs is 3. The van der Waals surface area contributed by atoms with Crippen LogP contribution in [-0.2, 0) is 4.79 Å². The topological polar surface area (TPSA) is 61.4 Å². The molecule has 3 unspecified atom stereocenters. The van der Waals surface area contributed by atoms with Gasteiger partial charge in [0.25, 0.3) is 5.91 Å². The second-order valence-corrected chi connectivity index (χ2v) is 9.99. The molecule has 2 amide bonds. The smallest absolute Gasteiger partial charge is 0.252 e. The van der Waals surface area contributed by atoms with E-state index in [0.29, 0.717) is 17.5 Å². The van der Waals surface area contributed by atoms with Crippen LogP contribution in [0.25, 0.3) is 0 Å². The average Bonchev–Trinajstić information content (AvgIpc) is 3.31. The van der Waals surface area contributed by atoms with Crippen LogP contribution in [0.3, 0.4) is 0 Å². The maximum atomic E-state index is 14.3. The van der Waals surface area contributed by atoms with Gasteiger partial charge in [-0.15, -0.1) is 0 Å². The number of hydrogen-bond donors (Lipinski definition) is 2. The van der Waals surface area contributed by atoms with Crippen LogP contribution in [0.4, 0.5) is 5.69 Å². The Kier molecular flexibility index (Phi) is 6.13. The van der Waals surface area contributed by atoms with Crippen molar-refractivity contribution in [2.75, 3.05) is 11.9 Å². The van der Waals surface area contributed by atoms with Crippen molar-refractivity contribution in [3.63, 3.8) is 0 Å². The summed E-state index contributed by atoms with van der Waals surface area (Å²) in [5.74, 6) is 0.386. The Hall–Kier alpha value is -2.82. The first-order chi connectivity index (χ1) is 16.1. The SMILES string of the molecule is CCCC1Nc2ccccc2C2C1CCN2C(=O)C1(NC(=O)c2ccccc2)CCCCC1. The van der Waals surface area contributed by atoms with Crippen molar-refractivity contribution >= 4 is 17.5 Å². The molecular formula is C28H35N3O2. The quantitative estimate of drug-likeness (QED) is 0.656. The van der Waals surface area contributed by atoms with E-state index in [2.05, 4.69) is 46.7 Å². The number of rotatable bonds is 5. The molecule has 2 aromatic carbocycles. The molecule has 2 aromatic rings. The first-order valence-electron chi connectivity index (χ1n) is 12.7. The highest BCUT2D eigenvalue weighted by molar-refractivity contribution is 5.99. The first-order valence-corrected chi connectivity index (χ1v) is 12.7. The minimum Gasteiger partial charge on any atom is -0.382 e. The molecule has 2 heterocycles. The highest BCUT2D eigenvalue weighted by atomic mass is 16.2. The maximum Gasteiger partial charge on any atom is 0.252 e. The summed E-state index contributed by atoms with van der Waals surface area (Å²) in [4.78, 5) is 29.6. The van der Waals surface area contributed by atoms with E-state index in [1.807, 2.05) is 30.3 Å². The first kappa shape index (κ1) is 22.0. The number of carbonyl (C=O) groups is 2. The van der Waals surface area contributed by atoms with Crippen molar-refractivity contribution in [1.82, 2.24) is 10.2 Å². The van der Waals surface area contributed by atoms with E-state index < -0.39 is 5.54 Å². The van der Waals surface area contributed by atoms with Gasteiger partial charge in [0.15, 0.2) is 0 Å². The van der Waals surface area contributed by atoms with Crippen LogP contribution in [0.5, 0.6) is 0 Å². The molecule has 3 aliphatic rings. The monoisotopic (exact) mass is 445 g/mol. The van der Waals surface area contributed by atoms with Crippen LogP contribution >= 0.6 is 0 Å². The number of carbonyl (C=O) groups excluding carboxylic acids is 2. The third-order valence-corrected chi connectivity index (χ3v) is 7.95. The van der Waals surface area contributed by atoms with Gasteiger partial charge in [0.05, 0.1) is 6.04 Å². The van der Waals surface area contributed by atoms with Crippen LogP contribution in [-0.4, -0.2) is 34.8 Å². The van der Waals surface area contributed by atoms with Gasteiger partial charge in [-0.05, 0) is 49.4 Å². The summed E-state index contributed by atoms with van der Waals surface area (Å²) in [6.07, 6.45) is 7.73. The minimum absolute atomic E-state index is 0.0823. The third-order valence-electron chi connectivity index (χ3n) is 7.95. The summed E-state index contributed by atoms with van der Waals surface area (Å²) in [6, 6.07) is 18.2. The summed E-state index contributed by atoms with van der Waals surface area (Å²) >= 11 is 0. The van der Waals surface area contributed by atoms with Gasteiger partial charge in [0.1, 0.15) is 5.54 Å².